The van der Waals surface area contributed by atoms with E-state index < -0.39 is 15.6 Å². The van der Waals surface area contributed by atoms with E-state index in [1.165, 1.54) is 13.2 Å². The van der Waals surface area contributed by atoms with E-state index >= 15 is 0 Å². The van der Waals surface area contributed by atoms with Crippen molar-refractivity contribution in [3.63, 3.8) is 0 Å². The van der Waals surface area contributed by atoms with Gasteiger partial charge in [0.05, 0.1) is 12.0 Å². The highest BCUT2D eigenvalue weighted by molar-refractivity contribution is 7.89. The molecule has 0 aromatic heterocycles. The van der Waals surface area contributed by atoms with E-state index in [0.717, 1.165) is 0 Å². The number of benzene rings is 2. The van der Waals surface area contributed by atoms with Gasteiger partial charge in [-0.15, -0.1) is 0 Å². The Kier molecular flexibility index (Phi) is 5.09. The summed E-state index contributed by atoms with van der Waals surface area (Å²) in [6, 6.07) is 13.7. The van der Waals surface area contributed by atoms with Gasteiger partial charge in [-0.2, -0.15) is 0 Å². The zero-order valence-corrected chi connectivity index (χ0v) is 14.2. The molecule has 124 valence electrons. The lowest BCUT2D eigenvalue weighted by Gasteiger charge is -2.24. The third-order valence-corrected chi connectivity index (χ3v) is 5.24. The van der Waals surface area contributed by atoms with Crippen LogP contribution in [-0.2, 0) is 15.6 Å². The van der Waals surface area contributed by atoms with Crippen molar-refractivity contribution in [2.75, 3.05) is 13.7 Å². The number of rotatable bonds is 6. The van der Waals surface area contributed by atoms with E-state index in [2.05, 4.69) is 4.72 Å². The Balaban J connectivity index is 2.19. The lowest BCUT2D eigenvalue weighted by molar-refractivity contribution is 0.0627. The topological polar surface area (TPSA) is 75.6 Å². The van der Waals surface area contributed by atoms with Crippen LogP contribution in [0.2, 0.25) is 0 Å². The molecular formula is C17H21NO4S. The SMILES string of the molecule is COc1ccc(S(=O)(=O)NCC(C)(O)c2ccccc2)c(C)c1. The van der Waals surface area contributed by atoms with Gasteiger partial charge < -0.3 is 9.84 Å². The molecule has 0 heterocycles. The fourth-order valence-electron chi connectivity index (χ4n) is 2.26. The van der Waals surface area contributed by atoms with Crippen molar-refractivity contribution < 1.29 is 18.3 Å². The molecule has 2 N–H and O–H groups in total. The molecule has 0 fully saturated rings. The Labute approximate surface area is 137 Å². The van der Waals surface area contributed by atoms with Crippen LogP contribution in [0.15, 0.2) is 53.4 Å². The van der Waals surface area contributed by atoms with Gasteiger partial charge in [0.25, 0.3) is 0 Å². The summed E-state index contributed by atoms with van der Waals surface area (Å²) in [5.74, 6) is 0.595. The van der Waals surface area contributed by atoms with Crippen LogP contribution in [0.4, 0.5) is 0 Å². The molecule has 5 nitrogen and oxygen atoms in total. The number of hydrogen-bond donors (Lipinski definition) is 2. The van der Waals surface area contributed by atoms with Gasteiger partial charge in [-0.1, -0.05) is 30.3 Å². The van der Waals surface area contributed by atoms with Crippen LogP contribution in [0.5, 0.6) is 5.75 Å². The minimum Gasteiger partial charge on any atom is -0.497 e. The number of ether oxygens (including phenoxy) is 1. The maximum absolute atomic E-state index is 12.5. The van der Waals surface area contributed by atoms with E-state index in [1.807, 2.05) is 6.07 Å². The van der Waals surface area contributed by atoms with Crippen molar-refractivity contribution >= 4 is 10.0 Å². The predicted octanol–water partition coefficient (Wildman–Crippen LogP) is 2.19. The second kappa shape index (κ2) is 6.70. The zero-order chi connectivity index (χ0) is 17.1. The molecule has 0 amide bonds. The third kappa shape index (κ3) is 4.10. The van der Waals surface area contributed by atoms with Gasteiger partial charge in [-0.3, -0.25) is 0 Å². The summed E-state index contributed by atoms with van der Waals surface area (Å²) in [5.41, 5.74) is -0.0697. The summed E-state index contributed by atoms with van der Waals surface area (Å²) >= 11 is 0. The normalized spacial score (nSPS) is 14.3. The Morgan fingerprint density at radius 1 is 1.17 bits per heavy atom. The van der Waals surface area contributed by atoms with Crippen LogP contribution in [0.1, 0.15) is 18.1 Å². The number of hydrogen-bond acceptors (Lipinski definition) is 4. The molecule has 2 aromatic carbocycles. The zero-order valence-electron chi connectivity index (χ0n) is 13.4. The summed E-state index contributed by atoms with van der Waals surface area (Å²) in [4.78, 5) is 0.169. The lowest BCUT2D eigenvalue weighted by Crippen LogP contribution is -2.38. The number of aryl methyl sites for hydroxylation is 1. The summed E-state index contributed by atoms with van der Waals surface area (Å²) in [5, 5.41) is 10.5. The molecule has 0 aliphatic carbocycles. The second-order valence-corrected chi connectivity index (χ2v) is 7.33. The largest absolute Gasteiger partial charge is 0.497 e. The van der Waals surface area contributed by atoms with Crippen molar-refractivity contribution in [3.8, 4) is 5.75 Å². The summed E-state index contributed by atoms with van der Waals surface area (Å²) in [6.07, 6.45) is 0. The van der Waals surface area contributed by atoms with Crippen LogP contribution >= 0.6 is 0 Å². The number of methoxy groups -OCH3 is 1. The number of aliphatic hydroxyl groups is 1. The summed E-state index contributed by atoms with van der Waals surface area (Å²) in [7, 11) is -2.20. The van der Waals surface area contributed by atoms with Crippen LogP contribution in [0, 0.1) is 6.92 Å². The van der Waals surface area contributed by atoms with Gasteiger partial charge in [-0.25, -0.2) is 13.1 Å². The maximum Gasteiger partial charge on any atom is 0.240 e. The minimum atomic E-state index is -3.72. The molecule has 1 unspecified atom stereocenters. The van der Waals surface area contributed by atoms with Crippen LogP contribution in [0.3, 0.4) is 0 Å². The van der Waals surface area contributed by atoms with Crippen molar-refractivity contribution in [2.45, 2.75) is 24.3 Å². The monoisotopic (exact) mass is 335 g/mol. The number of nitrogens with one attached hydrogen (secondary N) is 1. The smallest absolute Gasteiger partial charge is 0.240 e. The summed E-state index contributed by atoms with van der Waals surface area (Å²) in [6.45, 7) is 3.16. The van der Waals surface area contributed by atoms with E-state index in [0.29, 0.717) is 16.9 Å². The molecule has 2 rings (SSSR count). The summed E-state index contributed by atoms with van der Waals surface area (Å²) < 4.78 is 32.5. The quantitative estimate of drug-likeness (QED) is 0.848. The molecule has 0 spiro atoms. The van der Waals surface area contributed by atoms with Crippen LogP contribution < -0.4 is 9.46 Å². The lowest BCUT2D eigenvalue weighted by atomic mass is 9.97. The van der Waals surface area contributed by atoms with Gasteiger partial charge >= 0.3 is 0 Å². The first-order valence-electron chi connectivity index (χ1n) is 7.18. The standard InChI is InChI=1S/C17H21NO4S/c1-13-11-15(22-3)9-10-16(13)23(20,21)18-12-17(2,19)14-7-5-4-6-8-14/h4-11,18-19H,12H2,1-3H3. The molecule has 0 radical (unpaired) electrons. The molecule has 0 saturated carbocycles. The average molecular weight is 335 g/mol. The molecular weight excluding hydrogens is 314 g/mol. The van der Waals surface area contributed by atoms with Crippen molar-refractivity contribution in [2.24, 2.45) is 0 Å². The van der Waals surface area contributed by atoms with Crippen molar-refractivity contribution in [3.05, 3.63) is 59.7 Å². The molecule has 0 aliphatic heterocycles. The average Bonchev–Trinajstić information content (AvgIpc) is 2.53. The molecule has 23 heavy (non-hydrogen) atoms. The first kappa shape index (κ1) is 17.5. The van der Waals surface area contributed by atoms with E-state index in [9.17, 15) is 13.5 Å². The van der Waals surface area contributed by atoms with E-state index in [4.69, 9.17) is 4.74 Å². The number of sulfonamides is 1. The van der Waals surface area contributed by atoms with Crippen LogP contribution in [0.25, 0.3) is 0 Å². The molecule has 1 atom stereocenters. The highest BCUT2D eigenvalue weighted by Crippen LogP contribution is 2.23. The highest BCUT2D eigenvalue weighted by atomic mass is 32.2. The Bertz CT molecular complexity index is 770. The Morgan fingerprint density at radius 3 is 2.39 bits per heavy atom. The Hall–Kier alpha value is -1.89. The molecule has 0 bridgehead atoms. The fourth-order valence-corrected chi connectivity index (χ4v) is 3.62. The minimum absolute atomic E-state index is 0.120. The highest BCUT2D eigenvalue weighted by Gasteiger charge is 2.26. The third-order valence-electron chi connectivity index (χ3n) is 3.67. The maximum atomic E-state index is 12.5. The van der Waals surface area contributed by atoms with Crippen molar-refractivity contribution in [1.29, 1.82) is 0 Å². The first-order chi connectivity index (χ1) is 10.8. The Morgan fingerprint density at radius 2 is 1.83 bits per heavy atom. The van der Waals surface area contributed by atoms with Gasteiger partial charge in [0.15, 0.2) is 0 Å². The molecule has 6 heteroatoms. The van der Waals surface area contributed by atoms with Gasteiger partial charge in [0, 0.05) is 6.54 Å². The van der Waals surface area contributed by atoms with Crippen LogP contribution in [-0.4, -0.2) is 27.2 Å². The molecule has 0 saturated heterocycles. The molecule has 0 aliphatic rings. The fraction of sp³-hybridized carbons (Fsp3) is 0.294. The van der Waals surface area contributed by atoms with Gasteiger partial charge in [0.1, 0.15) is 11.4 Å². The second-order valence-electron chi connectivity index (χ2n) is 5.60. The van der Waals surface area contributed by atoms with Crippen molar-refractivity contribution in [1.82, 2.24) is 4.72 Å². The van der Waals surface area contributed by atoms with E-state index in [-0.39, 0.29) is 11.4 Å². The molecule has 2 aromatic rings. The predicted molar refractivity (Wildman–Crippen MR) is 88.9 cm³/mol. The van der Waals surface area contributed by atoms with Gasteiger partial charge in [-0.05, 0) is 43.2 Å². The van der Waals surface area contributed by atoms with Gasteiger partial charge in [0.2, 0.25) is 10.0 Å². The first-order valence-corrected chi connectivity index (χ1v) is 8.67. The van der Waals surface area contributed by atoms with E-state index in [1.54, 1.807) is 50.2 Å².